The van der Waals surface area contributed by atoms with Crippen LogP contribution in [0.2, 0.25) is 0 Å². The molecule has 1 amide bonds. The molecule has 0 spiro atoms. The molecule has 0 aromatic heterocycles. The standard InChI is InChI=1S/C14H20N2OS/c1-3-12(13(15)18)14(17)16-8-7-11-6-4-5-10(2)9-11/h4-6,9,12H,3,7-8H2,1-2H3,(H2,15,18)(H,16,17). The van der Waals surface area contributed by atoms with Gasteiger partial charge in [-0.3, -0.25) is 4.79 Å². The molecule has 0 fully saturated rings. The molecule has 0 aliphatic rings. The monoisotopic (exact) mass is 264 g/mol. The van der Waals surface area contributed by atoms with Gasteiger partial charge in [0.25, 0.3) is 0 Å². The summed E-state index contributed by atoms with van der Waals surface area (Å²) in [4.78, 5) is 12.1. The van der Waals surface area contributed by atoms with Gasteiger partial charge in [0, 0.05) is 6.54 Å². The summed E-state index contributed by atoms with van der Waals surface area (Å²) >= 11 is 4.87. The SMILES string of the molecule is CCC(C(=O)NCCc1cccc(C)c1)C(N)=S. The first-order valence-electron chi connectivity index (χ1n) is 6.17. The van der Waals surface area contributed by atoms with Gasteiger partial charge in [-0.2, -0.15) is 0 Å². The van der Waals surface area contributed by atoms with Crippen LogP contribution in [0.25, 0.3) is 0 Å². The van der Waals surface area contributed by atoms with E-state index in [1.807, 2.05) is 13.0 Å². The van der Waals surface area contributed by atoms with E-state index in [-0.39, 0.29) is 16.8 Å². The van der Waals surface area contributed by atoms with E-state index < -0.39 is 0 Å². The van der Waals surface area contributed by atoms with Crippen LogP contribution in [0.15, 0.2) is 24.3 Å². The van der Waals surface area contributed by atoms with Gasteiger partial charge in [0.05, 0.1) is 10.9 Å². The van der Waals surface area contributed by atoms with Crippen molar-refractivity contribution in [2.45, 2.75) is 26.7 Å². The number of carbonyl (C=O) groups is 1. The molecular weight excluding hydrogens is 244 g/mol. The average Bonchev–Trinajstić information content (AvgIpc) is 2.29. The van der Waals surface area contributed by atoms with E-state index in [0.717, 1.165) is 6.42 Å². The Labute approximate surface area is 114 Å². The molecule has 98 valence electrons. The maximum absolute atomic E-state index is 11.8. The van der Waals surface area contributed by atoms with Gasteiger partial charge in [0.1, 0.15) is 0 Å². The average molecular weight is 264 g/mol. The molecule has 0 heterocycles. The number of carbonyl (C=O) groups excluding carboxylic acids is 1. The summed E-state index contributed by atoms with van der Waals surface area (Å²) in [6, 6.07) is 8.26. The molecule has 0 aliphatic heterocycles. The van der Waals surface area contributed by atoms with Crippen LogP contribution in [0, 0.1) is 12.8 Å². The van der Waals surface area contributed by atoms with Crippen molar-refractivity contribution in [3.8, 4) is 0 Å². The molecule has 18 heavy (non-hydrogen) atoms. The lowest BCUT2D eigenvalue weighted by atomic mass is 10.1. The number of aryl methyl sites for hydroxylation is 1. The molecule has 1 aromatic carbocycles. The highest BCUT2D eigenvalue weighted by Gasteiger charge is 2.18. The predicted octanol–water partition coefficient (Wildman–Crippen LogP) is 1.97. The zero-order valence-electron chi connectivity index (χ0n) is 10.9. The Morgan fingerprint density at radius 3 is 2.78 bits per heavy atom. The molecule has 0 bridgehead atoms. The van der Waals surface area contributed by atoms with Gasteiger partial charge in [-0.05, 0) is 25.3 Å². The molecule has 1 aromatic rings. The van der Waals surface area contributed by atoms with Crippen molar-refractivity contribution in [2.24, 2.45) is 11.7 Å². The zero-order valence-corrected chi connectivity index (χ0v) is 11.7. The van der Waals surface area contributed by atoms with Crippen LogP contribution < -0.4 is 11.1 Å². The van der Waals surface area contributed by atoms with Gasteiger partial charge in [-0.1, -0.05) is 49.0 Å². The van der Waals surface area contributed by atoms with Crippen molar-refractivity contribution in [2.75, 3.05) is 6.54 Å². The Balaban J connectivity index is 2.42. The van der Waals surface area contributed by atoms with Crippen LogP contribution in [0.1, 0.15) is 24.5 Å². The molecule has 3 nitrogen and oxygen atoms in total. The maximum atomic E-state index is 11.8. The third-order valence-electron chi connectivity index (χ3n) is 2.86. The largest absolute Gasteiger partial charge is 0.393 e. The second-order valence-corrected chi connectivity index (χ2v) is 4.86. The fourth-order valence-corrected chi connectivity index (χ4v) is 2.11. The number of thiocarbonyl (C=S) groups is 1. The van der Waals surface area contributed by atoms with Gasteiger partial charge in [-0.15, -0.1) is 0 Å². The fraction of sp³-hybridized carbons (Fsp3) is 0.429. The number of hydrogen-bond acceptors (Lipinski definition) is 2. The molecule has 1 rings (SSSR count). The van der Waals surface area contributed by atoms with Crippen LogP contribution in [-0.4, -0.2) is 17.4 Å². The van der Waals surface area contributed by atoms with Gasteiger partial charge in [0.2, 0.25) is 5.91 Å². The highest BCUT2D eigenvalue weighted by atomic mass is 32.1. The van der Waals surface area contributed by atoms with E-state index in [0.29, 0.717) is 13.0 Å². The van der Waals surface area contributed by atoms with Crippen molar-refractivity contribution in [3.05, 3.63) is 35.4 Å². The lowest BCUT2D eigenvalue weighted by Gasteiger charge is -2.13. The summed E-state index contributed by atoms with van der Waals surface area (Å²) in [6.07, 6.45) is 1.47. The molecule has 4 heteroatoms. The molecule has 1 unspecified atom stereocenters. The molecule has 0 radical (unpaired) electrons. The Kier molecular flexibility index (Phi) is 5.78. The number of nitrogens with two attached hydrogens (primary N) is 1. The summed E-state index contributed by atoms with van der Waals surface area (Å²) in [5, 5.41) is 2.88. The Bertz CT molecular complexity index is 432. The highest BCUT2D eigenvalue weighted by Crippen LogP contribution is 2.05. The molecule has 3 N–H and O–H groups in total. The van der Waals surface area contributed by atoms with Crippen LogP contribution in [0.3, 0.4) is 0 Å². The Hall–Kier alpha value is -1.42. The zero-order chi connectivity index (χ0) is 13.5. The highest BCUT2D eigenvalue weighted by molar-refractivity contribution is 7.80. The normalized spacial score (nSPS) is 11.9. The molecule has 1 atom stereocenters. The summed E-state index contributed by atoms with van der Waals surface area (Å²) in [5.74, 6) is -0.421. The minimum absolute atomic E-state index is 0.0716. The second kappa shape index (κ2) is 7.11. The first-order chi connectivity index (χ1) is 8.54. The summed E-state index contributed by atoms with van der Waals surface area (Å²) in [7, 11) is 0. The minimum Gasteiger partial charge on any atom is -0.393 e. The summed E-state index contributed by atoms with van der Waals surface area (Å²) < 4.78 is 0. The van der Waals surface area contributed by atoms with Gasteiger partial charge >= 0.3 is 0 Å². The summed E-state index contributed by atoms with van der Waals surface area (Å²) in [5.41, 5.74) is 7.97. The number of benzene rings is 1. The number of amides is 1. The predicted molar refractivity (Wildman–Crippen MR) is 78.5 cm³/mol. The fourth-order valence-electron chi connectivity index (χ4n) is 1.84. The smallest absolute Gasteiger partial charge is 0.229 e. The van der Waals surface area contributed by atoms with Crippen LogP contribution in [0.4, 0.5) is 0 Å². The van der Waals surface area contributed by atoms with E-state index in [1.165, 1.54) is 11.1 Å². The van der Waals surface area contributed by atoms with Crippen molar-refractivity contribution in [1.82, 2.24) is 5.32 Å². The lowest BCUT2D eigenvalue weighted by Crippen LogP contribution is -2.38. The van der Waals surface area contributed by atoms with E-state index in [9.17, 15) is 4.79 Å². The third-order valence-corrected chi connectivity index (χ3v) is 3.15. The van der Waals surface area contributed by atoms with Crippen LogP contribution >= 0.6 is 12.2 Å². The lowest BCUT2D eigenvalue weighted by molar-refractivity contribution is -0.123. The van der Waals surface area contributed by atoms with Crippen molar-refractivity contribution >= 4 is 23.1 Å². The van der Waals surface area contributed by atoms with E-state index in [1.54, 1.807) is 0 Å². The van der Waals surface area contributed by atoms with Crippen molar-refractivity contribution in [3.63, 3.8) is 0 Å². The summed E-state index contributed by atoms with van der Waals surface area (Å²) in [6.45, 7) is 4.58. The Morgan fingerprint density at radius 2 is 2.22 bits per heavy atom. The molecular formula is C14H20N2OS. The first-order valence-corrected chi connectivity index (χ1v) is 6.58. The molecule has 0 saturated carbocycles. The number of rotatable bonds is 6. The van der Waals surface area contributed by atoms with Gasteiger partial charge in [-0.25, -0.2) is 0 Å². The molecule has 0 saturated heterocycles. The van der Waals surface area contributed by atoms with Crippen LogP contribution in [-0.2, 0) is 11.2 Å². The van der Waals surface area contributed by atoms with Gasteiger partial charge in [0.15, 0.2) is 0 Å². The molecule has 0 aliphatic carbocycles. The third kappa shape index (κ3) is 4.45. The second-order valence-electron chi connectivity index (χ2n) is 4.39. The topological polar surface area (TPSA) is 55.1 Å². The van der Waals surface area contributed by atoms with Gasteiger partial charge < -0.3 is 11.1 Å². The maximum Gasteiger partial charge on any atom is 0.229 e. The van der Waals surface area contributed by atoms with E-state index in [4.69, 9.17) is 18.0 Å². The van der Waals surface area contributed by atoms with Crippen molar-refractivity contribution in [1.29, 1.82) is 0 Å². The minimum atomic E-state index is -0.350. The first kappa shape index (κ1) is 14.6. The van der Waals surface area contributed by atoms with E-state index in [2.05, 4.69) is 30.4 Å². The van der Waals surface area contributed by atoms with E-state index >= 15 is 0 Å². The quantitative estimate of drug-likeness (QED) is 0.772. The number of nitrogens with one attached hydrogen (secondary N) is 1. The Morgan fingerprint density at radius 1 is 1.50 bits per heavy atom. The number of hydrogen-bond donors (Lipinski definition) is 2. The van der Waals surface area contributed by atoms with Crippen molar-refractivity contribution < 1.29 is 4.79 Å². The van der Waals surface area contributed by atoms with Crippen LogP contribution in [0.5, 0.6) is 0 Å².